The molecule has 1 aromatic heterocycles. The van der Waals surface area contributed by atoms with Gasteiger partial charge in [0.1, 0.15) is 11.5 Å². The molecule has 0 unspecified atom stereocenters. The Bertz CT molecular complexity index is 767. The molecule has 0 fully saturated rings. The Labute approximate surface area is 177 Å². The molecule has 6 nitrogen and oxygen atoms in total. The van der Waals surface area contributed by atoms with Crippen LogP contribution >= 0.6 is 24.0 Å². The summed E-state index contributed by atoms with van der Waals surface area (Å²) in [6.45, 7) is 1.20. The van der Waals surface area contributed by atoms with Crippen LogP contribution in [0.2, 0.25) is 0 Å². The molecule has 28 heavy (non-hydrogen) atoms. The molecule has 0 atom stereocenters. The molecule has 0 amide bonds. The van der Waals surface area contributed by atoms with E-state index in [-0.39, 0.29) is 35.7 Å². The lowest BCUT2D eigenvalue weighted by molar-refractivity contribution is -0.141. The molecule has 0 radical (unpaired) electrons. The van der Waals surface area contributed by atoms with Crippen molar-refractivity contribution in [3.8, 4) is 0 Å². The minimum absolute atomic E-state index is 0. The van der Waals surface area contributed by atoms with E-state index >= 15 is 0 Å². The van der Waals surface area contributed by atoms with E-state index in [1.807, 2.05) is 11.9 Å². The predicted molar refractivity (Wildman–Crippen MR) is 110 cm³/mol. The van der Waals surface area contributed by atoms with Crippen LogP contribution in [0.5, 0.6) is 0 Å². The van der Waals surface area contributed by atoms with E-state index in [0.717, 1.165) is 17.8 Å². The highest BCUT2D eigenvalue weighted by molar-refractivity contribution is 14.0. The first-order valence-corrected chi connectivity index (χ1v) is 8.10. The quantitative estimate of drug-likeness (QED) is 0.204. The molecule has 0 spiro atoms. The van der Waals surface area contributed by atoms with Crippen molar-refractivity contribution in [3.63, 3.8) is 0 Å². The lowest BCUT2D eigenvalue weighted by atomic mass is 10.2. The van der Waals surface area contributed by atoms with Gasteiger partial charge in [-0.15, -0.1) is 24.0 Å². The Kier molecular flexibility index (Phi) is 9.35. The van der Waals surface area contributed by atoms with Gasteiger partial charge in [0, 0.05) is 39.9 Å². The lowest BCUT2D eigenvalue weighted by Gasteiger charge is -2.22. The standard InChI is InChI=1S/C17H20F4N6.HI/c1-22-16(27(2)11-12-3-5-13(18)6-4-12)25-10-9-24-15-23-8-7-14(26-15)17(19,20)21;/h3-8H,9-11H2,1-2H3,(H,22,25)(H,23,24,26);1H. The van der Waals surface area contributed by atoms with Gasteiger partial charge in [-0.3, -0.25) is 4.99 Å². The van der Waals surface area contributed by atoms with Gasteiger partial charge in [-0.2, -0.15) is 13.2 Å². The minimum Gasteiger partial charge on any atom is -0.354 e. The van der Waals surface area contributed by atoms with E-state index in [9.17, 15) is 17.6 Å². The molecule has 1 heterocycles. The van der Waals surface area contributed by atoms with Crippen LogP contribution in [0.3, 0.4) is 0 Å². The average Bonchev–Trinajstić information content (AvgIpc) is 2.63. The van der Waals surface area contributed by atoms with Gasteiger partial charge in [-0.1, -0.05) is 12.1 Å². The fourth-order valence-corrected chi connectivity index (χ4v) is 2.27. The molecule has 0 saturated carbocycles. The zero-order valence-electron chi connectivity index (χ0n) is 15.3. The molecule has 1 aromatic carbocycles. The summed E-state index contributed by atoms with van der Waals surface area (Å²) in [6.07, 6.45) is -3.45. The molecule has 0 aliphatic rings. The SMILES string of the molecule is CN=C(NCCNc1nccc(C(F)(F)F)n1)N(C)Cc1ccc(F)cc1.I. The van der Waals surface area contributed by atoms with Gasteiger partial charge in [0.05, 0.1) is 0 Å². The first-order valence-electron chi connectivity index (χ1n) is 8.10. The number of halogens is 5. The fraction of sp³-hybridized carbons (Fsp3) is 0.353. The van der Waals surface area contributed by atoms with Crippen LogP contribution in [0.15, 0.2) is 41.5 Å². The smallest absolute Gasteiger partial charge is 0.354 e. The van der Waals surface area contributed by atoms with Crippen molar-refractivity contribution in [2.75, 3.05) is 32.5 Å². The van der Waals surface area contributed by atoms with Gasteiger partial charge in [0.25, 0.3) is 0 Å². The number of anilines is 1. The maximum absolute atomic E-state index is 13.0. The number of guanidine groups is 1. The number of nitrogens with one attached hydrogen (secondary N) is 2. The van der Waals surface area contributed by atoms with Crippen molar-refractivity contribution in [1.29, 1.82) is 0 Å². The third-order valence-electron chi connectivity index (χ3n) is 3.54. The van der Waals surface area contributed by atoms with Gasteiger partial charge >= 0.3 is 6.18 Å². The Morgan fingerprint density at radius 2 is 1.82 bits per heavy atom. The zero-order valence-corrected chi connectivity index (χ0v) is 17.6. The monoisotopic (exact) mass is 512 g/mol. The van der Waals surface area contributed by atoms with Crippen molar-refractivity contribution >= 4 is 35.9 Å². The summed E-state index contributed by atoms with van der Waals surface area (Å²) in [5.41, 5.74) is -0.0832. The second-order valence-electron chi connectivity index (χ2n) is 5.65. The number of nitrogens with zero attached hydrogens (tertiary/aromatic N) is 4. The number of hydrogen-bond donors (Lipinski definition) is 2. The van der Waals surface area contributed by atoms with E-state index < -0.39 is 11.9 Å². The molecule has 154 valence electrons. The third-order valence-corrected chi connectivity index (χ3v) is 3.54. The van der Waals surface area contributed by atoms with Crippen LogP contribution < -0.4 is 10.6 Å². The lowest BCUT2D eigenvalue weighted by Crippen LogP contribution is -2.40. The average molecular weight is 512 g/mol. The summed E-state index contributed by atoms with van der Waals surface area (Å²) in [5, 5.41) is 5.81. The van der Waals surface area contributed by atoms with E-state index in [4.69, 9.17) is 0 Å². The van der Waals surface area contributed by atoms with Crippen LogP contribution in [0.25, 0.3) is 0 Å². The van der Waals surface area contributed by atoms with Crippen LogP contribution in [0.4, 0.5) is 23.5 Å². The third kappa shape index (κ3) is 7.44. The highest BCUT2D eigenvalue weighted by Gasteiger charge is 2.32. The van der Waals surface area contributed by atoms with Crippen molar-refractivity contribution in [3.05, 3.63) is 53.6 Å². The van der Waals surface area contributed by atoms with Crippen molar-refractivity contribution in [2.24, 2.45) is 4.99 Å². The number of aromatic nitrogens is 2. The summed E-state index contributed by atoms with van der Waals surface area (Å²) in [6, 6.07) is 6.96. The summed E-state index contributed by atoms with van der Waals surface area (Å²) >= 11 is 0. The normalized spacial score (nSPS) is 11.6. The van der Waals surface area contributed by atoms with Crippen LogP contribution in [0, 0.1) is 5.82 Å². The van der Waals surface area contributed by atoms with Crippen molar-refractivity contribution in [2.45, 2.75) is 12.7 Å². The molecule has 2 rings (SSSR count). The van der Waals surface area contributed by atoms with Crippen LogP contribution in [-0.4, -0.2) is 48.0 Å². The van der Waals surface area contributed by atoms with Crippen LogP contribution in [0.1, 0.15) is 11.3 Å². The Balaban J connectivity index is 0.00000392. The maximum Gasteiger partial charge on any atom is 0.433 e. The van der Waals surface area contributed by atoms with Gasteiger partial charge in [0.2, 0.25) is 5.95 Å². The maximum atomic E-state index is 13.0. The number of aliphatic imine (C=N–C) groups is 1. The first-order chi connectivity index (χ1) is 12.8. The second-order valence-corrected chi connectivity index (χ2v) is 5.65. The molecule has 0 aliphatic carbocycles. The molecular weight excluding hydrogens is 491 g/mol. The zero-order chi connectivity index (χ0) is 19.9. The Morgan fingerprint density at radius 3 is 2.43 bits per heavy atom. The van der Waals surface area contributed by atoms with E-state index in [1.54, 1.807) is 19.2 Å². The minimum atomic E-state index is -4.51. The highest BCUT2D eigenvalue weighted by atomic mass is 127. The van der Waals surface area contributed by atoms with Crippen molar-refractivity contribution in [1.82, 2.24) is 20.2 Å². The predicted octanol–water partition coefficient (Wildman–Crippen LogP) is 3.37. The fourth-order valence-electron chi connectivity index (χ4n) is 2.27. The summed E-state index contributed by atoms with van der Waals surface area (Å²) < 4.78 is 50.8. The van der Waals surface area contributed by atoms with E-state index in [0.29, 0.717) is 25.6 Å². The molecule has 0 aliphatic heterocycles. The van der Waals surface area contributed by atoms with E-state index in [2.05, 4.69) is 25.6 Å². The van der Waals surface area contributed by atoms with Gasteiger partial charge in [-0.25, -0.2) is 14.4 Å². The topological polar surface area (TPSA) is 65.4 Å². The summed E-state index contributed by atoms with van der Waals surface area (Å²) in [7, 11) is 3.44. The second kappa shape index (κ2) is 11.0. The van der Waals surface area contributed by atoms with Gasteiger partial charge in [-0.05, 0) is 23.8 Å². The molecule has 0 saturated heterocycles. The summed E-state index contributed by atoms with van der Waals surface area (Å²) in [5.74, 6) is 0.194. The first kappa shape index (κ1) is 23.9. The highest BCUT2D eigenvalue weighted by Crippen LogP contribution is 2.27. The summed E-state index contributed by atoms with van der Waals surface area (Å²) in [4.78, 5) is 13.2. The molecule has 2 aromatic rings. The van der Waals surface area contributed by atoms with Crippen molar-refractivity contribution < 1.29 is 17.6 Å². The van der Waals surface area contributed by atoms with E-state index in [1.165, 1.54) is 12.1 Å². The molecule has 0 bridgehead atoms. The van der Waals surface area contributed by atoms with Crippen LogP contribution in [-0.2, 0) is 12.7 Å². The molecular formula is C17H21F4IN6. The molecule has 11 heteroatoms. The molecule has 2 N–H and O–H groups in total. The number of benzene rings is 1. The Morgan fingerprint density at radius 1 is 1.14 bits per heavy atom. The Hall–Kier alpha value is -2.18. The van der Waals surface area contributed by atoms with Gasteiger partial charge < -0.3 is 15.5 Å². The largest absolute Gasteiger partial charge is 0.433 e. The van der Waals surface area contributed by atoms with Gasteiger partial charge in [0.15, 0.2) is 5.96 Å². The number of alkyl halides is 3. The number of hydrogen-bond acceptors (Lipinski definition) is 4. The number of rotatable bonds is 6.